The molecule has 4 nitrogen and oxygen atoms in total. The molecule has 0 unspecified atom stereocenters. The lowest BCUT2D eigenvalue weighted by molar-refractivity contribution is 0.0829. The summed E-state index contributed by atoms with van der Waals surface area (Å²) in [4.78, 5) is 13.4. The molecule has 0 radical (unpaired) electrons. The molecule has 0 aliphatic heterocycles. The van der Waals surface area contributed by atoms with Crippen LogP contribution in [0.15, 0.2) is 0 Å². The number of nitriles is 1. The maximum Gasteiger partial charge on any atom is 0.410 e. The lowest BCUT2D eigenvalue weighted by Gasteiger charge is -2.25. The van der Waals surface area contributed by atoms with E-state index in [4.69, 9.17) is 10.00 Å². The standard InChI is InChI=1S/C12H20N2O2/c1-10(2)9-16-12(15)14(8-7-13)11-5-3-4-6-11/h10-11H,3-6,8-9H2,1-2H3. The van der Waals surface area contributed by atoms with E-state index in [-0.39, 0.29) is 18.7 Å². The summed E-state index contributed by atoms with van der Waals surface area (Å²) in [6.45, 7) is 4.56. The largest absolute Gasteiger partial charge is 0.449 e. The second-order valence-corrected chi connectivity index (χ2v) is 4.70. The van der Waals surface area contributed by atoms with Crippen molar-refractivity contribution in [2.45, 2.75) is 45.6 Å². The Morgan fingerprint density at radius 1 is 1.50 bits per heavy atom. The fraction of sp³-hybridized carbons (Fsp3) is 0.833. The molecule has 0 saturated heterocycles. The van der Waals surface area contributed by atoms with Crippen LogP contribution < -0.4 is 0 Å². The molecule has 4 heteroatoms. The van der Waals surface area contributed by atoms with Crippen LogP contribution in [-0.4, -0.2) is 30.2 Å². The number of hydrogen-bond donors (Lipinski definition) is 0. The van der Waals surface area contributed by atoms with Crippen LogP contribution in [0.1, 0.15) is 39.5 Å². The summed E-state index contributed by atoms with van der Waals surface area (Å²) in [5.74, 6) is 0.330. The second-order valence-electron chi connectivity index (χ2n) is 4.70. The maximum atomic E-state index is 11.8. The van der Waals surface area contributed by atoms with Gasteiger partial charge in [-0.2, -0.15) is 5.26 Å². The van der Waals surface area contributed by atoms with E-state index in [0.29, 0.717) is 12.5 Å². The predicted molar refractivity (Wildman–Crippen MR) is 60.8 cm³/mol. The smallest absolute Gasteiger partial charge is 0.410 e. The summed E-state index contributed by atoms with van der Waals surface area (Å²) in [5, 5.41) is 8.72. The van der Waals surface area contributed by atoms with Crippen LogP contribution in [0.25, 0.3) is 0 Å². The zero-order chi connectivity index (χ0) is 12.0. The lowest BCUT2D eigenvalue weighted by atomic mass is 10.2. The number of nitrogens with zero attached hydrogens (tertiary/aromatic N) is 2. The van der Waals surface area contributed by atoms with Crippen LogP contribution in [0.2, 0.25) is 0 Å². The summed E-state index contributed by atoms with van der Waals surface area (Å²) in [5.41, 5.74) is 0. The summed E-state index contributed by atoms with van der Waals surface area (Å²) in [6.07, 6.45) is 3.95. The molecule has 1 aliphatic rings. The highest BCUT2D eigenvalue weighted by atomic mass is 16.6. The van der Waals surface area contributed by atoms with Gasteiger partial charge >= 0.3 is 6.09 Å². The van der Waals surface area contributed by atoms with Crippen molar-refractivity contribution in [2.75, 3.05) is 13.2 Å². The van der Waals surface area contributed by atoms with Crippen molar-refractivity contribution in [1.29, 1.82) is 5.26 Å². The highest BCUT2D eigenvalue weighted by Gasteiger charge is 2.27. The molecule has 0 spiro atoms. The van der Waals surface area contributed by atoms with E-state index in [1.807, 2.05) is 19.9 Å². The Kier molecular flexibility index (Phi) is 5.10. The van der Waals surface area contributed by atoms with Gasteiger partial charge in [-0.05, 0) is 18.8 Å². The first-order valence-electron chi connectivity index (χ1n) is 5.95. The summed E-state index contributed by atoms with van der Waals surface area (Å²) < 4.78 is 5.17. The molecule has 0 N–H and O–H groups in total. The van der Waals surface area contributed by atoms with E-state index >= 15 is 0 Å². The molecule has 0 aromatic heterocycles. The zero-order valence-corrected chi connectivity index (χ0v) is 10.1. The molecule has 1 rings (SSSR count). The fourth-order valence-electron chi connectivity index (χ4n) is 1.96. The van der Waals surface area contributed by atoms with Crippen molar-refractivity contribution >= 4 is 6.09 Å². The third-order valence-corrected chi connectivity index (χ3v) is 2.78. The number of rotatable bonds is 4. The van der Waals surface area contributed by atoms with E-state index in [1.165, 1.54) is 0 Å². The summed E-state index contributed by atoms with van der Waals surface area (Å²) in [7, 11) is 0. The Bertz CT molecular complexity index is 265. The van der Waals surface area contributed by atoms with E-state index < -0.39 is 0 Å². The Balaban J connectivity index is 2.48. The van der Waals surface area contributed by atoms with Gasteiger partial charge in [-0.1, -0.05) is 26.7 Å². The third kappa shape index (κ3) is 3.73. The van der Waals surface area contributed by atoms with Gasteiger partial charge in [0.15, 0.2) is 0 Å². The van der Waals surface area contributed by atoms with E-state index in [2.05, 4.69) is 0 Å². The van der Waals surface area contributed by atoms with Crippen LogP contribution in [-0.2, 0) is 4.74 Å². The van der Waals surface area contributed by atoms with Gasteiger partial charge in [-0.15, -0.1) is 0 Å². The third-order valence-electron chi connectivity index (χ3n) is 2.78. The quantitative estimate of drug-likeness (QED) is 0.689. The zero-order valence-electron chi connectivity index (χ0n) is 10.1. The minimum absolute atomic E-state index is 0.140. The van der Waals surface area contributed by atoms with Crippen LogP contribution in [0.4, 0.5) is 4.79 Å². The summed E-state index contributed by atoms with van der Waals surface area (Å²) in [6, 6.07) is 2.25. The van der Waals surface area contributed by atoms with E-state index in [0.717, 1.165) is 25.7 Å². The molecule has 1 fully saturated rings. The van der Waals surface area contributed by atoms with Crippen molar-refractivity contribution in [3.8, 4) is 6.07 Å². The Morgan fingerprint density at radius 3 is 2.62 bits per heavy atom. The first kappa shape index (κ1) is 12.8. The Morgan fingerprint density at radius 2 is 2.12 bits per heavy atom. The molecule has 16 heavy (non-hydrogen) atoms. The van der Waals surface area contributed by atoms with E-state index in [9.17, 15) is 4.79 Å². The van der Waals surface area contributed by atoms with Crippen LogP contribution in [0.5, 0.6) is 0 Å². The monoisotopic (exact) mass is 224 g/mol. The first-order valence-corrected chi connectivity index (χ1v) is 5.95. The molecular weight excluding hydrogens is 204 g/mol. The highest BCUT2D eigenvalue weighted by molar-refractivity contribution is 5.68. The molecule has 1 amide bonds. The Labute approximate surface area is 97.2 Å². The van der Waals surface area contributed by atoms with Crippen LogP contribution in [0.3, 0.4) is 0 Å². The second kappa shape index (κ2) is 6.37. The van der Waals surface area contributed by atoms with Gasteiger partial charge in [0.25, 0.3) is 0 Å². The van der Waals surface area contributed by atoms with Gasteiger partial charge in [0, 0.05) is 6.04 Å². The van der Waals surface area contributed by atoms with Crippen molar-refractivity contribution in [3.63, 3.8) is 0 Å². The first-order chi connectivity index (χ1) is 7.65. The number of hydrogen-bond acceptors (Lipinski definition) is 3. The molecule has 0 bridgehead atoms. The van der Waals surface area contributed by atoms with Crippen LogP contribution in [0, 0.1) is 17.2 Å². The van der Waals surface area contributed by atoms with Gasteiger partial charge in [0.05, 0.1) is 12.7 Å². The lowest BCUT2D eigenvalue weighted by Crippen LogP contribution is -2.39. The van der Waals surface area contributed by atoms with Crippen molar-refractivity contribution in [3.05, 3.63) is 0 Å². The topological polar surface area (TPSA) is 53.3 Å². The minimum atomic E-state index is -0.331. The molecule has 0 aromatic carbocycles. The van der Waals surface area contributed by atoms with Crippen molar-refractivity contribution in [2.24, 2.45) is 5.92 Å². The molecule has 90 valence electrons. The molecule has 0 atom stereocenters. The number of amides is 1. The van der Waals surface area contributed by atoms with Gasteiger partial charge in [-0.3, -0.25) is 4.90 Å². The van der Waals surface area contributed by atoms with Gasteiger partial charge < -0.3 is 4.74 Å². The van der Waals surface area contributed by atoms with Gasteiger partial charge in [0.2, 0.25) is 0 Å². The molecule has 0 heterocycles. The molecule has 1 saturated carbocycles. The highest BCUT2D eigenvalue weighted by Crippen LogP contribution is 2.23. The van der Waals surface area contributed by atoms with Crippen molar-refractivity contribution in [1.82, 2.24) is 4.90 Å². The number of ether oxygens (including phenoxy) is 1. The Hall–Kier alpha value is -1.24. The number of carbonyl (C=O) groups is 1. The average molecular weight is 224 g/mol. The van der Waals surface area contributed by atoms with Crippen LogP contribution >= 0.6 is 0 Å². The SMILES string of the molecule is CC(C)COC(=O)N(CC#N)C1CCCC1. The molecule has 1 aliphatic carbocycles. The summed E-state index contributed by atoms with van der Waals surface area (Å²) >= 11 is 0. The normalized spacial score (nSPS) is 16.1. The van der Waals surface area contributed by atoms with Gasteiger partial charge in [-0.25, -0.2) is 4.79 Å². The molecular formula is C12H20N2O2. The molecule has 0 aromatic rings. The number of carbonyl (C=O) groups excluding carboxylic acids is 1. The fourth-order valence-corrected chi connectivity index (χ4v) is 1.96. The van der Waals surface area contributed by atoms with Gasteiger partial charge in [0.1, 0.15) is 6.54 Å². The average Bonchev–Trinajstić information content (AvgIpc) is 2.75. The predicted octanol–water partition coefficient (Wildman–Crippen LogP) is 2.55. The van der Waals surface area contributed by atoms with E-state index in [1.54, 1.807) is 4.90 Å². The minimum Gasteiger partial charge on any atom is -0.449 e. The maximum absolute atomic E-state index is 11.8. The van der Waals surface area contributed by atoms with Crippen molar-refractivity contribution < 1.29 is 9.53 Å².